The molecule has 3 N–H and O–H groups in total. The molecule has 0 atom stereocenters. The lowest BCUT2D eigenvalue weighted by atomic mass is 10.2. The van der Waals surface area contributed by atoms with E-state index in [9.17, 15) is 14.4 Å². The van der Waals surface area contributed by atoms with Crippen molar-refractivity contribution < 1.29 is 28.6 Å². The first-order chi connectivity index (χ1) is 14.0. The summed E-state index contributed by atoms with van der Waals surface area (Å²) in [5.74, 6) is 0.308. The van der Waals surface area contributed by atoms with Gasteiger partial charge in [0.15, 0.2) is 18.1 Å². The number of urea groups is 1. The molecule has 0 spiro atoms. The Balaban J connectivity index is 1.57. The average molecular weight is 399 g/mol. The maximum atomic E-state index is 12.5. The Morgan fingerprint density at radius 3 is 2.69 bits per heavy atom. The highest BCUT2D eigenvalue weighted by atomic mass is 16.7. The molecular weight excluding hydrogens is 378 g/mol. The van der Waals surface area contributed by atoms with E-state index in [-0.39, 0.29) is 18.3 Å². The first-order valence-electron chi connectivity index (χ1n) is 8.96. The predicted molar refractivity (Wildman–Crippen MR) is 104 cm³/mol. The molecule has 2 aromatic rings. The van der Waals surface area contributed by atoms with E-state index in [0.717, 1.165) is 5.56 Å². The molecule has 0 radical (unpaired) electrons. The van der Waals surface area contributed by atoms with Crippen molar-refractivity contribution in [2.75, 3.05) is 25.3 Å². The van der Waals surface area contributed by atoms with Crippen LogP contribution in [-0.2, 0) is 16.1 Å². The maximum absolute atomic E-state index is 12.5. The number of nitrogens with zero attached hydrogens (tertiary/aromatic N) is 1. The smallest absolute Gasteiger partial charge is 0.338 e. The molecule has 3 rings (SSSR count). The quantitative estimate of drug-likeness (QED) is 0.688. The maximum Gasteiger partial charge on any atom is 0.338 e. The SMILES string of the molecule is CCN(Cc1ccc2c(c1)OCO2)C(=O)COC(=O)c1cccc(NC(N)=O)c1. The molecule has 9 heteroatoms. The molecule has 0 fully saturated rings. The van der Waals surface area contributed by atoms with Crippen LogP contribution in [0, 0.1) is 0 Å². The number of likely N-dealkylation sites (N-methyl/N-ethyl adjacent to an activating group) is 1. The zero-order valence-corrected chi connectivity index (χ0v) is 15.8. The fourth-order valence-electron chi connectivity index (χ4n) is 2.80. The fourth-order valence-corrected chi connectivity index (χ4v) is 2.80. The van der Waals surface area contributed by atoms with Crippen molar-refractivity contribution in [3.05, 3.63) is 53.6 Å². The van der Waals surface area contributed by atoms with Gasteiger partial charge in [-0.25, -0.2) is 9.59 Å². The summed E-state index contributed by atoms with van der Waals surface area (Å²) < 4.78 is 15.8. The third-order valence-corrected chi connectivity index (χ3v) is 4.24. The fraction of sp³-hybridized carbons (Fsp3) is 0.250. The molecule has 2 aromatic carbocycles. The van der Waals surface area contributed by atoms with Gasteiger partial charge in [-0.05, 0) is 42.8 Å². The minimum Gasteiger partial charge on any atom is -0.454 e. The number of anilines is 1. The summed E-state index contributed by atoms with van der Waals surface area (Å²) in [6.07, 6.45) is 0. The third-order valence-electron chi connectivity index (χ3n) is 4.24. The minimum absolute atomic E-state index is 0.182. The summed E-state index contributed by atoms with van der Waals surface area (Å²) in [6, 6.07) is 10.8. The van der Waals surface area contributed by atoms with E-state index in [0.29, 0.717) is 30.3 Å². The van der Waals surface area contributed by atoms with Gasteiger partial charge in [0.1, 0.15) is 0 Å². The van der Waals surface area contributed by atoms with Crippen LogP contribution in [0.2, 0.25) is 0 Å². The number of nitrogens with two attached hydrogens (primary N) is 1. The Kier molecular flexibility index (Phi) is 6.18. The Morgan fingerprint density at radius 1 is 1.14 bits per heavy atom. The van der Waals surface area contributed by atoms with Crippen LogP contribution in [0.25, 0.3) is 0 Å². The van der Waals surface area contributed by atoms with Gasteiger partial charge >= 0.3 is 12.0 Å². The molecule has 1 heterocycles. The van der Waals surface area contributed by atoms with Gasteiger partial charge in [0.25, 0.3) is 5.91 Å². The summed E-state index contributed by atoms with van der Waals surface area (Å²) in [5, 5.41) is 2.37. The Hall–Kier alpha value is -3.75. The van der Waals surface area contributed by atoms with Crippen molar-refractivity contribution in [3.63, 3.8) is 0 Å². The average Bonchev–Trinajstić information content (AvgIpc) is 3.17. The van der Waals surface area contributed by atoms with Crippen LogP contribution in [0.3, 0.4) is 0 Å². The van der Waals surface area contributed by atoms with E-state index in [1.54, 1.807) is 23.1 Å². The molecule has 29 heavy (non-hydrogen) atoms. The highest BCUT2D eigenvalue weighted by Crippen LogP contribution is 2.32. The van der Waals surface area contributed by atoms with Gasteiger partial charge in [0.05, 0.1) is 5.56 Å². The number of ether oxygens (including phenoxy) is 3. The number of carbonyl (C=O) groups is 3. The minimum atomic E-state index is -0.743. The van der Waals surface area contributed by atoms with Crippen molar-refractivity contribution in [2.45, 2.75) is 13.5 Å². The van der Waals surface area contributed by atoms with E-state index >= 15 is 0 Å². The van der Waals surface area contributed by atoms with Gasteiger partial charge < -0.3 is 30.2 Å². The summed E-state index contributed by atoms with van der Waals surface area (Å²) in [4.78, 5) is 37.2. The third kappa shape index (κ3) is 5.16. The highest BCUT2D eigenvalue weighted by molar-refractivity contribution is 5.94. The van der Waals surface area contributed by atoms with Crippen molar-refractivity contribution in [1.82, 2.24) is 4.90 Å². The monoisotopic (exact) mass is 399 g/mol. The normalized spacial score (nSPS) is 11.6. The number of fused-ring (bicyclic) bond motifs is 1. The molecule has 0 saturated carbocycles. The molecule has 3 amide bonds. The second-order valence-electron chi connectivity index (χ2n) is 6.24. The number of carbonyl (C=O) groups excluding carboxylic acids is 3. The molecular formula is C20H21N3O6. The van der Waals surface area contributed by atoms with Gasteiger partial charge in [-0.15, -0.1) is 0 Å². The first-order valence-corrected chi connectivity index (χ1v) is 8.96. The van der Waals surface area contributed by atoms with Crippen molar-refractivity contribution in [1.29, 1.82) is 0 Å². The number of rotatable bonds is 7. The van der Waals surface area contributed by atoms with E-state index in [1.165, 1.54) is 12.1 Å². The zero-order chi connectivity index (χ0) is 20.8. The van der Waals surface area contributed by atoms with E-state index in [2.05, 4.69) is 5.32 Å². The summed E-state index contributed by atoms with van der Waals surface area (Å²) in [6.45, 7) is 2.42. The predicted octanol–water partition coefficient (Wildman–Crippen LogP) is 2.11. The molecule has 152 valence electrons. The van der Waals surface area contributed by atoms with Gasteiger partial charge in [-0.2, -0.15) is 0 Å². The standard InChI is InChI=1S/C20H21N3O6/c1-2-23(10-13-6-7-16-17(8-13)29-12-28-16)18(24)11-27-19(25)14-4-3-5-15(9-14)22-20(21)26/h3-9H,2,10-12H2,1H3,(H3,21,22,26). The Morgan fingerprint density at radius 2 is 1.93 bits per heavy atom. The largest absolute Gasteiger partial charge is 0.454 e. The number of hydrogen-bond acceptors (Lipinski definition) is 6. The lowest BCUT2D eigenvalue weighted by Gasteiger charge is -2.21. The highest BCUT2D eigenvalue weighted by Gasteiger charge is 2.18. The van der Waals surface area contributed by atoms with Crippen LogP contribution in [0.15, 0.2) is 42.5 Å². The van der Waals surface area contributed by atoms with Crippen LogP contribution in [0.4, 0.5) is 10.5 Å². The van der Waals surface area contributed by atoms with Crippen LogP contribution in [0.1, 0.15) is 22.8 Å². The van der Waals surface area contributed by atoms with E-state index < -0.39 is 18.6 Å². The van der Waals surface area contributed by atoms with Gasteiger partial charge in [-0.1, -0.05) is 12.1 Å². The zero-order valence-electron chi connectivity index (χ0n) is 15.8. The molecule has 0 bridgehead atoms. The molecule has 9 nitrogen and oxygen atoms in total. The first kappa shape index (κ1) is 20.0. The topological polar surface area (TPSA) is 120 Å². The number of primary amides is 1. The molecule has 0 saturated heterocycles. The number of amides is 3. The number of benzene rings is 2. The van der Waals surface area contributed by atoms with E-state index in [4.69, 9.17) is 19.9 Å². The Labute approximate surface area is 167 Å². The number of esters is 1. The van der Waals surface area contributed by atoms with E-state index in [1.807, 2.05) is 19.1 Å². The van der Waals surface area contributed by atoms with Gasteiger partial charge in [0, 0.05) is 18.8 Å². The summed E-state index contributed by atoms with van der Waals surface area (Å²) >= 11 is 0. The number of hydrogen-bond donors (Lipinski definition) is 2. The van der Waals surface area contributed by atoms with Crippen LogP contribution < -0.4 is 20.5 Å². The number of nitrogens with one attached hydrogen (secondary N) is 1. The van der Waals surface area contributed by atoms with Crippen LogP contribution >= 0.6 is 0 Å². The molecule has 0 aromatic heterocycles. The second kappa shape index (κ2) is 8.96. The lowest BCUT2D eigenvalue weighted by molar-refractivity contribution is -0.134. The summed E-state index contributed by atoms with van der Waals surface area (Å²) in [7, 11) is 0. The van der Waals surface area contributed by atoms with Gasteiger partial charge in [-0.3, -0.25) is 4.79 Å². The van der Waals surface area contributed by atoms with Gasteiger partial charge in [0.2, 0.25) is 6.79 Å². The molecule has 1 aliphatic heterocycles. The molecule has 0 unspecified atom stereocenters. The van der Waals surface area contributed by atoms with Crippen LogP contribution in [-0.4, -0.2) is 42.8 Å². The Bertz CT molecular complexity index is 930. The second-order valence-corrected chi connectivity index (χ2v) is 6.24. The molecule has 1 aliphatic rings. The van der Waals surface area contributed by atoms with Crippen molar-refractivity contribution >= 4 is 23.6 Å². The summed E-state index contributed by atoms with van der Waals surface area (Å²) in [5.41, 5.74) is 6.49. The van der Waals surface area contributed by atoms with Crippen LogP contribution in [0.5, 0.6) is 11.5 Å². The lowest BCUT2D eigenvalue weighted by Crippen LogP contribution is -2.34. The van der Waals surface area contributed by atoms with Crippen molar-refractivity contribution in [2.24, 2.45) is 5.73 Å². The molecule has 0 aliphatic carbocycles. The van der Waals surface area contributed by atoms with Crippen molar-refractivity contribution in [3.8, 4) is 11.5 Å².